The number of likely N-dealkylation sites (tertiary alicyclic amines) is 2. The first kappa shape index (κ1) is 20.3. The first-order valence-corrected chi connectivity index (χ1v) is 11.0. The second kappa shape index (κ2) is 8.05. The minimum Gasteiger partial charge on any atom is -0.350 e. The lowest BCUT2D eigenvalue weighted by Crippen LogP contribution is -2.56. The van der Waals surface area contributed by atoms with Gasteiger partial charge in [0.15, 0.2) is 0 Å². The molecule has 0 radical (unpaired) electrons. The minimum absolute atomic E-state index is 0.0807. The molecule has 3 heterocycles. The van der Waals surface area contributed by atoms with E-state index in [0.717, 1.165) is 44.5 Å². The first-order valence-electron chi connectivity index (χ1n) is 11.0. The van der Waals surface area contributed by atoms with Crippen LogP contribution in [0.5, 0.6) is 0 Å². The summed E-state index contributed by atoms with van der Waals surface area (Å²) in [5, 5.41) is 3.33. The van der Waals surface area contributed by atoms with Gasteiger partial charge in [0.05, 0.1) is 12.3 Å². The van der Waals surface area contributed by atoms with Crippen LogP contribution in [0.15, 0.2) is 24.3 Å². The summed E-state index contributed by atoms with van der Waals surface area (Å²) >= 11 is 0. The van der Waals surface area contributed by atoms with E-state index in [4.69, 9.17) is 0 Å². The molecule has 5 nitrogen and oxygen atoms in total. The highest BCUT2D eigenvalue weighted by Crippen LogP contribution is 2.44. The number of rotatable bonds is 5. The zero-order chi connectivity index (χ0) is 20.6. The molecule has 3 aliphatic heterocycles. The van der Waals surface area contributed by atoms with Crippen molar-refractivity contribution >= 4 is 11.8 Å². The Balaban J connectivity index is 1.36. The smallest absolute Gasteiger partial charge is 0.226 e. The average molecular weight is 402 g/mol. The van der Waals surface area contributed by atoms with Gasteiger partial charge in [0.1, 0.15) is 5.82 Å². The summed E-state index contributed by atoms with van der Waals surface area (Å²) in [6.45, 7) is 8.76. The highest BCUT2D eigenvalue weighted by molar-refractivity contribution is 5.84. The van der Waals surface area contributed by atoms with Crippen LogP contribution < -0.4 is 5.32 Å². The second-order valence-corrected chi connectivity index (χ2v) is 9.27. The van der Waals surface area contributed by atoms with Crippen molar-refractivity contribution in [3.8, 4) is 0 Å². The number of nitrogens with one attached hydrogen (secondary N) is 1. The maximum Gasteiger partial charge on any atom is 0.226 e. The van der Waals surface area contributed by atoms with Crippen LogP contribution in [0.25, 0.3) is 0 Å². The highest BCUT2D eigenvalue weighted by Gasteiger charge is 2.57. The molecule has 0 unspecified atom stereocenters. The van der Waals surface area contributed by atoms with Gasteiger partial charge in [-0.25, -0.2) is 4.39 Å². The molecule has 0 saturated carbocycles. The van der Waals surface area contributed by atoms with Crippen LogP contribution >= 0.6 is 0 Å². The van der Waals surface area contributed by atoms with Crippen molar-refractivity contribution in [3.05, 3.63) is 35.6 Å². The molecule has 3 atom stereocenters. The van der Waals surface area contributed by atoms with Crippen LogP contribution in [0.3, 0.4) is 0 Å². The number of hydrogen-bond acceptors (Lipinski definition) is 3. The van der Waals surface area contributed by atoms with Gasteiger partial charge in [-0.15, -0.1) is 0 Å². The first-order chi connectivity index (χ1) is 13.9. The molecule has 3 saturated heterocycles. The van der Waals surface area contributed by atoms with E-state index in [2.05, 4.69) is 24.1 Å². The molecule has 0 bridgehead atoms. The normalized spacial score (nSPS) is 27.1. The lowest BCUT2D eigenvalue weighted by Gasteiger charge is -2.43. The Morgan fingerprint density at radius 3 is 2.59 bits per heavy atom. The third-order valence-corrected chi connectivity index (χ3v) is 7.36. The maximum absolute atomic E-state index is 13.1. The van der Waals surface area contributed by atoms with Crippen molar-refractivity contribution in [1.82, 2.24) is 15.1 Å². The second-order valence-electron chi connectivity index (χ2n) is 9.27. The molecule has 2 amide bonds. The molecule has 0 aromatic heterocycles. The summed E-state index contributed by atoms with van der Waals surface area (Å²) in [6.07, 6.45) is 3.11. The van der Waals surface area contributed by atoms with E-state index in [1.807, 2.05) is 4.90 Å². The number of halogens is 1. The van der Waals surface area contributed by atoms with Crippen LogP contribution in [0.4, 0.5) is 4.39 Å². The van der Waals surface area contributed by atoms with E-state index in [1.165, 1.54) is 12.1 Å². The van der Waals surface area contributed by atoms with Crippen molar-refractivity contribution in [2.45, 2.75) is 45.1 Å². The Kier molecular flexibility index (Phi) is 5.65. The van der Waals surface area contributed by atoms with E-state index in [0.29, 0.717) is 31.3 Å². The van der Waals surface area contributed by atoms with Crippen LogP contribution in [0.1, 0.15) is 38.7 Å². The summed E-state index contributed by atoms with van der Waals surface area (Å²) in [5.74, 6) is 1.10. The predicted octanol–water partition coefficient (Wildman–Crippen LogP) is 2.45. The lowest BCUT2D eigenvalue weighted by atomic mass is 9.75. The maximum atomic E-state index is 13.1. The molecule has 1 N–H and O–H groups in total. The fourth-order valence-corrected chi connectivity index (χ4v) is 5.40. The average Bonchev–Trinajstić information content (AvgIpc) is 3.23. The van der Waals surface area contributed by atoms with Gasteiger partial charge < -0.3 is 15.1 Å². The predicted molar refractivity (Wildman–Crippen MR) is 110 cm³/mol. The van der Waals surface area contributed by atoms with Crippen molar-refractivity contribution < 1.29 is 14.0 Å². The van der Waals surface area contributed by atoms with Gasteiger partial charge >= 0.3 is 0 Å². The Bertz CT molecular complexity index is 758. The molecule has 6 heteroatoms. The summed E-state index contributed by atoms with van der Waals surface area (Å²) in [4.78, 5) is 29.7. The van der Waals surface area contributed by atoms with Gasteiger partial charge in [-0.2, -0.15) is 0 Å². The monoisotopic (exact) mass is 401 g/mol. The molecule has 4 rings (SSSR count). The number of amides is 2. The Hall–Kier alpha value is -1.95. The van der Waals surface area contributed by atoms with Crippen LogP contribution in [0, 0.1) is 23.6 Å². The molecular formula is C23H32FN3O2. The quantitative estimate of drug-likeness (QED) is 0.825. The molecule has 3 aliphatic rings. The molecule has 1 aromatic rings. The third-order valence-electron chi connectivity index (χ3n) is 7.36. The molecular weight excluding hydrogens is 369 g/mol. The van der Waals surface area contributed by atoms with E-state index in [-0.39, 0.29) is 29.1 Å². The van der Waals surface area contributed by atoms with Crippen molar-refractivity contribution in [1.29, 1.82) is 0 Å². The van der Waals surface area contributed by atoms with Crippen LogP contribution in [0.2, 0.25) is 0 Å². The largest absolute Gasteiger partial charge is 0.350 e. The Morgan fingerprint density at radius 2 is 1.93 bits per heavy atom. The standard InChI is InChI=1S/C23H32FN3O2/c1-3-16(2)13-26-14-19-20(15-26)23(25-22(19)29)8-10-27(11-9-23)21(28)12-17-4-6-18(24)7-5-17/h4-7,16,19-20H,3,8-15H2,1-2H3,(H,25,29)/t16-,19-,20+/m1/s1. The van der Waals surface area contributed by atoms with Gasteiger partial charge in [0.25, 0.3) is 0 Å². The van der Waals surface area contributed by atoms with E-state index in [9.17, 15) is 14.0 Å². The number of nitrogens with zero attached hydrogens (tertiary/aromatic N) is 2. The van der Waals surface area contributed by atoms with Gasteiger partial charge in [-0.1, -0.05) is 32.4 Å². The zero-order valence-corrected chi connectivity index (χ0v) is 17.5. The van der Waals surface area contributed by atoms with E-state index in [1.54, 1.807) is 12.1 Å². The number of carbonyl (C=O) groups excluding carboxylic acids is 2. The van der Waals surface area contributed by atoms with Gasteiger partial charge in [-0.05, 0) is 36.5 Å². The number of hydrogen-bond donors (Lipinski definition) is 1. The summed E-state index contributed by atoms with van der Waals surface area (Å²) in [7, 11) is 0. The van der Waals surface area contributed by atoms with Crippen molar-refractivity contribution in [3.63, 3.8) is 0 Å². The van der Waals surface area contributed by atoms with Gasteiger partial charge in [0.2, 0.25) is 11.8 Å². The molecule has 29 heavy (non-hydrogen) atoms. The molecule has 0 aliphatic carbocycles. The summed E-state index contributed by atoms with van der Waals surface area (Å²) in [5.41, 5.74) is 0.681. The zero-order valence-electron chi connectivity index (χ0n) is 17.5. The summed E-state index contributed by atoms with van der Waals surface area (Å²) in [6, 6.07) is 6.14. The van der Waals surface area contributed by atoms with Crippen LogP contribution in [-0.2, 0) is 16.0 Å². The Morgan fingerprint density at radius 1 is 1.24 bits per heavy atom. The van der Waals surface area contributed by atoms with Gasteiger partial charge in [-0.3, -0.25) is 9.59 Å². The summed E-state index contributed by atoms with van der Waals surface area (Å²) < 4.78 is 13.1. The lowest BCUT2D eigenvalue weighted by molar-refractivity contribution is -0.132. The highest BCUT2D eigenvalue weighted by atomic mass is 19.1. The van der Waals surface area contributed by atoms with E-state index >= 15 is 0 Å². The minimum atomic E-state index is -0.286. The Labute approximate surface area is 172 Å². The number of fused-ring (bicyclic) bond motifs is 2. The van der Waals surface area contributed by atoms with Gasteiger partial charge in [0, 0.05) is 44.2 Å². The fourth-order valence-electron chi connectivity index (χ4n) is 5.40. The molecule has 1 spiro atoms. The molecule has 3 fully saturated rings. The number of benzene rings is 1. The molecule has 158 valence electrons. The fraction of sp³-hybridized carbons (Fsp3) is 0.652. The number of carbonyl (C=O) groups is 2. The van der Waals surface area contributed by atoms with Crippen molar-refractivity contribution in [2.75, 3.05) is 32.7 Å². The molecule has 1 aromatic carbocycles. The topological polar surface area (TPSA) is 52.7 Å². The number of piperidine rings is 1. The van der Waals surface area contributed by atoms with E-state index < -0.39 is 0 Å². The van der Waals surface area contributed by atoms with Crippen LogP contribution in [-0.4, -0.2) is 59.9 Å². The SMILES string of the molecule is CC[C@@H](C)CN1C[C@H]2C(=O)NC3(CCN(C(=O)Cc4ccc(F)cc4)CC3)[C@H]2C1. The third kappa shape index (κ3) is 4.04. The van der Waals surface area contributed by atoms with Crippen molar-refractivity contribution in [2.24, 2.45) is 17.8 Å².